The number of aliphatic carboxylic acids is 1. The van der Waals surface area contributed by atoms with Crippen molar-refractivity contribution < 1.29 is 39.9 Å². The second-order valence-electron chi connectivity index (χ2n) is 7.70. The lowest BCUT2D eigenvalue weighted by Crippen LogP contribution is -2.59. The number of carboxylic acid groups (broad SMARTS) is 1. The Balaban J connectivity index is 2.85. The highest BCUT2D eigenvalue weighted by molar-refractivity contribution is 5.83. The van der Waals surface area contributed by atoms with Gasteiger partial charge in [-0.05, 0) is 11.5 Å². The van der Waals surface area contributed by atoms with E-state index in [0.717, 1.165) is 0 Å². The fourth-order valence-corrected chi connectivity index (χ4v) is 2.98. The summed E-state index contributed by atoms with van der Waals surface area (Å²) in [5.41, 5.74) is 6.27. The lowest BCUT2D eigenvalue weighted by atomic mass is 9.97. The molecule has 1 rings (SSSR count). The van der Waals surface area contributed by atoms with Crippen molar-refractivity contribution in [3.05, 3.63) is 35.9 Å². The molecule has 1 aromatic carbocycles. The number of aliphatic hydroxyl groups is 4. The number of rotatable bonds is 13. The minimum absolute atomic E-state index is 0.183. The maximum atomic E-state index is 12.4. The third-order valence-electron chi connectivity index (χ3n) is 5.34. The summed E-state index contributed by atoms with van der Waals surface area (Å²) in [6.07, 6.45) is -6.04. The second kappa shape index (κ2) is 13.1. The Morgan fingerprint density at radius 2 is 1.59 bits per heavy atom. The molecule has 0 radical (unpaired) electrons. The van der Waals surface area contributed by atoms with Crippen molar-refractivity contribution in [1.82, 2.24) is 10.6 Å². The molecule has 9 N–H and O–H groups in total. The second-order valence-corrected chi connectivity index (χ2v) is 7.70. The molecule has 0 heterocycles. The molecule has 32 heavy (non-hydrogen) atoms. The van der Waals surface area contributed by atoms with Crippen LogP contribution in [0.25, 0.3) is 0 Å². The summed E-state index contributed by atoms with van der Waals surface area (Å²) >= 11 is 0. The monoisotopic (exact) mass is 455 g/mol. The summed E-state index contributed by atoms with van der Waals surface area (Å²) < 4.78 is 0. The van der Waals surface area contributed by atoms with E-state index >= 15 is 0 Å². The van der Waals surface area contributed by atoms with Crippen molar-refractivity contribution in [2.45, 2.75) is 63.1 Å². The molecule has 0 aliphatic carbocycles. The molecule has 1 aromatic rings. The molecule has 2 amide bonds. The van der Waals surface area contributed by atoms with E-state index < -0.39 is 67.2 Å². The van der Waals surface area contributed by atoms with E-state index in [4.69, 9.17) is 10.8 Å². The highest BCUT2D eigenvalue weighted by atomic mass is 16.4. The van der Waals surface area contributed by atoms with Gasteiger partial charge in [-0.2, -0.15) is 0 Å². The zero-order chi connectivity index (χ0) is 24.4. The normalized spacial score (nSPS) is 17.8. The first-order valence-corrected chi connectivity index (χ1v) is 10.3. The summed E-state index contributed by atoms with van der Waals surface area (Å²) in [4.78, 5) is 35.8. The molecule has 0 saturated carbocycles. The molecule has 0 spiro atoms. The molecule has 0 aliphatic rings. The molecule has 7 atom stereocenters. The van der Waals surface area contributed by atoms with Crippen LogP contribution in [0.4, 0.5) is 0 Å². The van der Waals surface area contributed by atoms with Crippen LogP contribution in [-0.4, -0.2) is 80.3 Å². The summed E-state index contributed by atoms with van der Waals surface area (Å²) in [6.45, 7) is 2.79. The van der Waals surface area contributed by atoms with Gasteiger partial charge in [-0.25, -0.2) is 0 Å². The largest absolute Gasteiger partial charge is 0.481 e. The van der Waals surface area contributed by atoms with Crippen molar-refractivity contribution in [2.75, 3.05) is 6.61 Å². The predicted octanol–water partition coefficient (Wildman–Crippen LogP) is -1.75. The van der Waals surface area contributed by atoms with E-state index in [1.807, 2.05) is 6.92 Å². The zero-order valence-electron chi connectivity index (χ0n) is 18.1. The highest BCUT2D eigenvalue weighted by Gasteiger charge is 2.37. The van der Waals surface area contributed by atoms with Gasteiger partial charge in [-0.3, -0.25) is 14.4 Å². The minimum Gasteiger partial charge on any atom is -0.481 e. The number of aliphatic hydroxyl groups excluding tert-OH is 4. The Hall–Kier alpha value is -2.57. The van der Waals surface area contributed by atoms with Crippen molar-refractivity contribution in [3.63, 3.8) is 0 Å². The molecule has 1 unspecified atom stereocenters. The number of amides is 2. The number of hydrogen-bond donors (Lipinski definition) is 8. The Labute approximate surface area is 186 Å². The van der Waals surface area contributed by atoms with Crippen LogP contribution in [0.5, 0.6) is 0 Å². The predicted molar refractivity (Wildman–Crippen MR) is 114 cm³/mol. The number of carbonyl (C=O) groups is 3. The van der Waals surface area contributed by atoms with Crippen LogP contribution in [0.1, 0.15) is 38.3 Å². The van der Waals surface area contributed by atoms with Gasteiger partial charge in [0, 0.05) is 0 Å². The molecular formula is C21H33N3O8. The summed E-state index contributed by atoms with van der Waals surface area (Å²) in [5.74, 6) is -3.19. The standard InChI is InChI=1S/C21H33N3O8/c1-3-11(2)16(22)20(31)24-14(10-25)17(28)18(29)19(30)21(32)23-13(9-15(26)27)12-7-5-4-6-8-12/h4-8,11,13-14,16-19,25,28-30H,3,9-10,22H2,1-2H3,(H,23,32)(H,24,31)(H,26,27)/t11?,13-,14-,16-,17+,18+,19-/m0/s1. The SMILES string of the molecule is CCC(C)[C@H](N)C(=O)N[C@@H](CO)[C@@H](O)[C@@H](O)[C@H](O)C(=O)N[C@@H](CC(=O)O)c1ccccc1. The number of carbonyl (C=O) groups excluding carboxylic acids is 2. The number of hydrogen-bond acceptors (Lipinski definition) is 8. The third-order valence-corrected chi connectivity index (χ3v) is 5.34. The van der Waals surface area contributed by atoms with E-state index in [2.05, 4.69) is 10.6 Å². The van der Waals surface area contributed by atoms with Crippen molar-refractivity contribution >= 4 is 17.8 Å². The summed E-state index contributed by atoms with van der Waals surface area (Å²) in [6, 6.07) is 4.84. The molecule has 11 nitrogen and oxygen atoms in total. The maximum Gasteiger partial charge on any atom is 0.305 e. The van der Waals surface area contributed by atoms with Gasteiger partial charge in [0.15, 0.2) is 6.10 Å². The number of carboxylic acids is 1. The van der Waals surface area contributed by atoms with Crippen LogP contribution in [0.15, 0.2) is 30.3 Å². The van der Waals surface area contributed by atoms with E-state index in [-0.39, 0.29) is 5.92 Å². The molecule has 180 valence electrons. The number of nitrogens with two attached hydrogens (primary N) is 1. The fourth-order valence-electron chi connectivity index (χ4n) is 2.98. The number of benzene rings is 1. The van der Waals surface area contributed by atoms with Gasteiger partial charge < -0.3 is 41.9 Å². The minimum atomic E-state index is -2.17. The summed E-state index contributed by atoms with van der Waals surface area (Å²) in [7, 11) is 0. The Morgan fingerprint density at radius 3 is 2.09 bits per heavy atom. The first kappa shape index (κ1) is 27.5. The van der Waals surface area contributed by atoms with Crippen LogP contribution < -0.4 is 16.4 Å². The van der Waals surface area contributed by atoms with Gasteiger partial charge >= 0.3 is 5.97 Å². The van der Waals surface area contributed by atoms with Gasteiger partial charge in [0.05, 0.1) is 31.2 Å². The fraction of sp³-hybridized carbons (Fsp3) is 0.571. The molecule has 0 bridgehead atoms. The van der Waals surface area contributed by atoms with Crippen molar-refractivity contribution in [3.8, 4) is 0 Å². The molecular weight excluding hydrogens is 422 g/mol. The molecule has 0 aromatic heterocycles. The van der Waals surface area contributed by atoms with Crippen LogP contribution in [0.2, 0.25) is 0 Å². The maximum absolute atomic E-state index is 12.4. The van der Waals surface area contributed by atoms with E-state index in [1.54, 1.807) is 37.3 Å². The molecule has 0 fully saturated rings. The number of nitrogens with one attached hydrogen (secondary N) is 2. The van der Waals surface area contributed by atoms with E-state index in [0.29, 0.717) is 12.0 Å². The van der Waals surface area contributed by atoms with Gasteiger partial charge in [-0.15, -0.1) is 0 Å². The van der Waals surface area contributed by atoms with Crippen molar-refractivity contribution in [2.24, 2.45) is 11.7 Å². The smallest absolute Gasteiger partial charge is 0.305 e. The van der Waals surface area contributed by atoms with Crippen LogP contribution in [0, 0.1) is 5.92 Å². The van der Waals surface area contributed by atoms with E-state index in [1.165, 1.54) is 0 Å². The average molecular weight is 456 g/mol. The van der Waals surface area contributed by atoms with Gasteiger partial charge in [0.2, 0.25) is 5.91 Å². The van der Waals surface area contributed by atoms with Crippen LogP contribution in [-0.2, 0) is 14.4 Å². The topological polar surface area (TPSA) is 202 Å². The lowest BCUT2D eigenvalue weighted by Gasteiger charge is -2.30. The Kier molecular flexibility index (Phi) is 11.2. The zero-order valence-corrected chi connectivity index (χ0v) is 18.1. The van der Waals surface area contributed by atoms with Gasteiger partial charge in [0.1, 0.15) is 12.2 Å². The van der Waals surface area contributed by atoms with Gasteiger partial charge in [0.25, 0.3) is 5.91 Å². The first-order valence-electron chi connectivity index (χ1n) is 10.3. The van der Waals surface area contributed by atoms with Crippen molar-refractivity contribution in [1.29, 1.82) is 0 Å². The van der Waals surface area contributed by atoms with Crippen LogP contribution >= 0.6 is 0 Å². The third kappa shape index (κ3) is 7.84. The Bertz CT molecular complexity index is 748. The lowest BCUT2D eigenvalue weighted by molar-refractivity contribution is -0.145. The average Bonchev–Trinajstić information content (AvgIpc) is 2.79. The molecule has 0 saturated heterocycles. The summed E-state index contributed by atoms with van der Waals surface area (Å²) in [5, 5.41) is 54.0. The molecule has 11 heteroatoms. The molecule has 0 aliphatic heterocycles. The first-order chi connectivity index (χ1) is 15.0. The highest BCUT2D eigenvalue weighted by Crippen LogP contribution is 2.17. The Morgan fingerprint density at radius 1 is 1.00 bits per heavy atom. The van der Waals surface area contributed by atoms with Gasteiger partial charge in [-0.1, -0.05) is 50.6 Å². The quantitative estimate of drug-likeness (QED) is 0.170. The van der Waals surface area contributed by atoms with Crippen LogP contribution in [0.3, 0.4) is 0 Å². The van der Waals surface area contributed by atoms with E-state index in [9.17, 15) is 34.8 Å².